The van der Waals surface area contributed by atoms with Gasteiger partial charge in [0.25, 0.3) is 0 Å². The van der Waals surface area contributed by atoms with Crippen molar-refractivity contribution in [3.05, 3.63) is 47.4 Å². The van der Waals surface area contributed by atoms with Gasteiger partial charge in [-0.3, -0.25) is 4.57 Å². The Morgan fingerprint density at radius 1 is 1.17 bits per heavy atom. The lowest BCUT2D eigenvalue weighted by Crippen LogP contribution is -2.57. The van der Waals surface area contributed by atoms with E-state index in [0.29, 0.717) is 0 Å². The van der Waals surface area contributed by atoms with Crippen LogP contribution in [0.4, 0.5) is 4.39 Å². The van der Waals surface area contributed by atoms with Crippen LogP contribution in [0.25, 0.3) is 22.3 Å². The Kier molecular flexibility index (Phi) is 4.66. The van der Waals surface area contributed by atoms with Crippen LogP contribution in [0.3, 0.4) is 0 Å². The second kappa shape index (κ2) is 7.04. The largest absolute Gasteiger partial charge is 0.461 e. The summed E-state index contributed by atoms with van der Waals surface area (Å²) < 4.78 is 32.0. The molecule has 0 unspecified atom stereocenters. The molecule has 0 spiro atoms. The monoisotopic (exact) mass is 418 g/mol. The van der Waals surface area contributed by atoms with Crippen molar-refractivity contribution in [2.45, 2.75) is 19.6 Å². The summed E-state index contributed by atoms with van der Waals surface area (Å²) in [6, 6.07) is 8.73. The number of ether oxygens (including phenoxy) is 3. The molecule has 0 saturated carbocycles. The third kappa shape index (κ3) is 2.74. The molecule has 29 heavy (non-hydrogen) atoms. The molecule has 150 valence electrons. The summed E-state index contributed by atoms with van der Waals surface area (Å²) in [5.74, 6) is -2.38. The maximum absolute atomic E-state index is 14.5. The van der Waals surface area contributed by atoms with Crippen LogP contribution in [0.2, 0.25) is 5.15 Å². The summed E-state index contributed by atoms with van der Waals surface area (Å²) in [6.45, 7) is 3.20. The van der Waals surface area contributed by atoms with E-state index in [9.17, 15) is 14.0 Å². The first-order chi connectivity index (χ1) is 13.9. The highest BCUT2D eigenvalue weighted by Crippen LogP contribution is 2.45. The Morgan fingerprint density at radius 2 is 1.86 bits per heavy atom. The lowest BCUT2D eigenvalue weighted by atomic mass is 10.1. The van der Waals surface area contributed by atoms with Crippen LogP contribution in [-0.2, 0) is 24.8 Å². The van der Waals surface area contributed by atoms with Gasteiger partial charge in [-0.2, -0.15) is 0 Å². The molecule has 0 atom stereocenters. The molecule has 4 rings (SSSR count). The Hall–Kier alpha value is -3.13. The van der Waals surface area contributed by atoms with Gasteiger partial charge in [0.2, 0.25) is 0 Å². The standard InChI is InChI=1S/C20H16ClFN2O5/c1-3-27-18(25)20(19(26)28-4-2)24-13-7-5-6-12(22)11(13)10-14(24)17-15(29-20)8-9-16(21)23-17/h5-10H,3-4H2,1-2H3. The van der Waals surface area contributed by atoms with Crippen molar-refractivity contribution in [1.29, 1.82) is 0 Å². The molecular weight excluding hydrogens is 403 g/mol. The van der Waals surface area contributed by atoms with Crippen LogP contribution in [0.15, 0.2) is 36.4 Å². The Bertz CT molecular complexity index is 1130. The highest BCUT2D eigenvalue weighted by atomic mass is 35.5. The molecule has 2 aromatic heterocycles. The summed E-state index contributed by atoms with van der Waals surface area (Å²) in [5, 5.41) is 0.350. The van der Waals surface area contributed by atoms with Gasteiger partial charge in [-0.1, -0.05) is 17.7 Å². The highest BCUT2D eigenvalue weighted by molar-refractivity contribution is 6.29. The van der Waals surface area contributed by atoms with Crippen LogP contribution in [0.1, 0.15) is 13.8 Å². The third-order valence-corrected chi connectivity index (χ3v) is 4.75. The molecule has 0 amide bonds. The molecule has 7 nitrogen and oxygen atoms in total. The molecule has 0 N–H and O–H groups in total. The minimum atomic E-state index is -2.33. The predicted molar refractivity (Wildman–Crippen MR) is 102 cm³/mol. The van der Waals surface area contributed by atoms with Crippen molar-refractivity contribution < 1.29 is 28.2 Å². The SMILES string of the molecule is CCOC(=O)C1(C(=O)OCC)Oc2ccc(Cl)nc2-c2cc3c(F)cccc3n21. The van der Waals surface area contributed by atoms with Crippen molar-refractivity contribution in [2.24, 2.45) is 0 Å². The first kappa shape index (κ1) is 19.2. The molecule has 9 heteroatoms. The molecule has 1 aliphatic rings. The van der Waals surface area contributed by atoms with E-state index in [0.717, 1.165) is 0 Å². The van der Waals surface area contributed by atoms with Crippen molar-refractivity contribution >= 4 is 34.4 Å². The van der Waals surface area contributed by atoms with Gasteiger partial charge >= 0.3 is 17.7 Å². The summed E-state index contributed by atoms with van der Waals surface area (Å²) in [5.41, 5.74) is -1.56. The second-order valence-corrected chi connectivity index (χ2v) is 6.59. The molecular formula is C20H16ClFN2O5. The van der Waals surface area contributed by atoms with Gasteiger partial charge in [0.1, 0.15) is 16.7 Å². The maximum atomic E-state index is 14.5. The fourth-order valence-electron chi connectivity index (χ4n) is 3.41. The topological polar surface area (TPSA) is 79.7 Å². The zero-order valence-electron chi connectivity index (χ0n) is 15.6. The summed E-state index contributed by atoms with van der Waals surface area (Å²) in [7, 11) is 0. The van der Waals surface area contributed by atoms with Crippen molar-refractivity contribution in [3.63, 3.8) is 0 Å². The number of nitrogens with zero attached hydrogens (tertiary/aromatic N) is 2. The van der Waals surface area contributed by atoms with E-state index in [2.05, 4.69) is 4.98 Å². The van der Waals surface area contributed by atoms with E-state index in [4.69, 9.17) is 25.8 Å². The van der Waals surface area contributed by atoms with E-state index in [1.165, 1.54) is 34.9 Å². The molecule has 3 aromatic rings. The number of fused-ring (bicyclic) bond motifs is 5. The molecule has 1 aliphatic heterocycles. The minimum Gasteiger partial charge on any atom is -0.461 e. The van der Waals surface area contributed by atoms with E-state index in [1.54, 1.807) is 19.9 Å². The van der Waals surface area contributed by atoms with Crippen molar-refractivity contribution in [2.75, 3.05) is 13.2 Å². The van der Waals surface area contributed by atoms with E-state index < -0.39 is 23.5 Å². The summed E-state index contributed by atoms with van der Waals surface area (Å²) in [4.78, 5) is 30.4. The van der Waals surface area contributed by atoms with Crippen LogP contribution in [0, 0.1) is 5.82 Å². The summed E-state index contributed by atoms with van der Waals surface area (Å²) >= 11 is 6.04. The van der Waals surface area contributed by atoms with Crippen LogP contribution >= 0.6 is 11.6 Å². The van der Waals surface area contributed by atoms with Gasteiger partial charge in [0.15, 0.2) is 5.75 Å². The van der Waals surface area contributed by atoms with E-state index in [1.807, 2.05) is 0 Å². The molecule has 0 fully saturated rings. The lowest BCUT2D eigenvalue weighted by molar-refractivity contribution is -0.191. The molecule has 1 aromatic carbocycles. The van der Waals surface area contributed by atoms with Gasteiger partial charge in [0.05, 0.1) is 24.4 Å². The number of carbonyl (C=O) groups is 2. The normalized spacial score (nSPS) is 13.9. The molecule has 0 saturated heterocycles. The van der Waals surface area contributed by atoms with Crippen LogP contribution in [0.5, 0.6) is 5.75 Å². The molecule has 3 heterocycles. The van der Waals surface area contributed by atoms with Gasteiger partial charge in [-0.15, -0.1) is 0 Å². The second-order valence-electron chi connectivity index (χ2n) is 6.21. The quantitative estimate of drug-likeness (QED) is 0.365. The number of hydrogen-bond acceptors (Lipinski definition) is 6. The fourth-order valence-corrected chi connectivity index (χ4v) is 3.56. The van der Waals surface area contributed by atoms with E-state index >= 15 is 0 Å². The van der Waals surface area contributed by atoms with Crippen LogP contribution < -0.4 is 4.74 Å². The highest BCUT2D eigenvalue weighted by Gasteiger charge is 2.58. The van der Waals surface area contributed by atoms with E-state index in [-0.39, 0.29) is 46.4 Å². The zero-order valence-corrected chi connectivity index (χ0v) is 16.3. The number of halogens is 2. The average molecular weight is 419 g/mol. The Balaban J connectivity index is 2.13. The number of aromatic nitrogens is 2. The smallest absolute Gasteiger partial charge is 0.385 e. The first-order valence-electron chi connectivity index (χ1n) is 8.94. The predicted octanol–water partition coefficient (Wildman–Crippen LogP) is 3.67. The molecule has 0 aliphatic carbocycles. The minimum absolute atomic E-state index is 0.00202. The van der Waals surface area contributed by atoms with Crippen molar-refractivity contribution in [1.82, 2.24) is 9.55 Å². The number of rotatable bonds is 4. The average Bonchev–Trinajstić information content (AvgIpc) is 3.10. The number of hydrogen-bond donors (Lipinski definition) is 0. The first-order valence-corrected chi connectivity index (χ1v) is 9.32. The van der Waals surface area contributed by atoms with Crippen molar-refractivity contribution in [3.8, 4) is 17.1 Å². The van der Waals surface area contributed by atoms with Gasteiger partial charge in [0, 0.05) is 5.39 Å². The molecule has 0 bridgehead atoms. The Morgan fingerprint density at radius 3 is 2.52 bits per heavy atom. The van der Waals surface area contributed by atoms with Crippen LogP contribution in [-0.4, -0.2) is 34.7 Å². The Labute approximate surface area is 169 Å². The number of pyridine rings is 1. The third-order valence-electron chi connectivity index (χ3n) is 4.54. The summed E-state index contributed by atoms with van der Waals surface area (Å²) in [6.07, 6.45) is 0. The number of benzene rings is 1. The lowest BCUT2D eigenvalue weighted by Gasteiger charge is -2.36. The van der Waals surface area contributed by atoms with Gasteiger partial charge in [-0.25, -0.2) is 19.0 Å². The van der Waals surface area contributed by atoms with Gasteiger partial charge in [-0.05, 0) is 44.2 Å². The fraction of sp³-hybridized carbons (Fsp3) is 0.250. The van der Waals surface area contributed by atoms with Gasteiger partial charge < -0.3 is 14.2 Å². The number of esters is 2. The maximum Gasteiger partial charge on any atom is 0.385 e. The zero-order chi connectivity index (χ0) is 20.8. The molecule has 0 radical (unpaired) electrons. The number of carbonyl (C=O) groups excluding carboxylic acids is 2.